The van der Waals surface area contributed by atoms with Gasteiger partial charge >= 0.3 is 6.09 Å². The molecule has 0 bridgehead atoms. The molecule has 1 aromatic heterocycles. The number of benzene rings is 1. The van der Waals surface area contributed by atoms with Crippen molar-refractivity contribution in [1.29, 1.82) is 0 Å². The zero-order valence-corrected chi connectivity index (χ0v) is 22.1. The highest BCUT2D eigenvalue weighted by atomic mass is 16.6. The summed E-state index contributed by atoms with van der Waals surface area (Å²) in [5.41, 5.74) is 7.82. The number of carbonyl (C=O) groups is 3. The first-order chi connectivity index (χ1) is 17.5. The number of pyridine rings is 1. The van der Waals surface area contributed by atoms with E-state index in [2.05, 4.69) is 22.4 Å². The predicted octanol–water partition coefficient (Wildman–Crippen LogP) is 3.37. The average molecular weight is 508 g/mol. The number of nitrogens with zero attached hydrogens (tertiary/aromatic N) is 3. The van der Waals surface area contributed by atoms with Gasteiger partial charge < -0.3 is 20.7 Å². The molecular weight excluding hydrogens is 470 g/mol. The van der Waals surface area contributed by atoms with Crippen molar-refractivity contribution in [3.63, 3.8) is 0 Å². The summed E-state index contributed by atoms with van der Waals surface area (Å²) in [5.74, 6) is 0.154. The van der Waals surface area contributed by atoms with Gasteiger partial charge in [0.25, 0.3) is 0 Å². The Morgan fingerprint density at radius 1 is 1.03 bits per heavy atom. The Balaban J connectivity index is 1.47. The number of likely N-dealkylation sites (tertiary alicyclic amines) is 2. The number of aromatic nitrogens is 1. The monoisotopic (exact) mass is 507 g/mol. The summed E-state index contributed by atoms with van der Waals surface area (Å²) >= 11 is 0. The predicted molar refractivity (Wildman–Crippen MR) is 140 cm³/mol. The van der Waals surface area contributed by atoms with Crippen LogP contribution in [0, 0.1) is 6.92 Å². The van der Waals surface area contributed by atoms with Crippen LogP contribution in [0.4, 0.5) is 10.6 Å². The van der Waals surface area contributed by atoms with Crippen LogP contribution in [0.2, 0.25) is 0 Å². The number of nitrogens with two attached hydrogens (primary N) is 1. The average Bonchev–Trinajstić information content (AvgIpc) is 2.82. The van der Waals surface area contributed by atoms with Gasteiger partial charge in [-0.25, -0.2) is 9.78 Å². The van der Waals surface area contributed by atoms with Gasteiger partial charge in [0.15, 0.2) is 0 Å². The minimum absolute atomic E-state index is 0.142. The smallest absolute Gasteiger partial charge is 0.410 e. The van der Waals surface area contributed by atoms with E-state index in [4.69, 9.17) is 10.5 Å². The van der Waals surface area contributed by atoms with Crippen molar-refractivity contribution >= 4 is 23.7 Å². The van der Waals surface area contributed by atoms with Crippen molar-refractivity contribution in [3.05, 3.63) is 59.3 Å². The Kier molecular flexibility index (Phi) is 7.71. The molecule has 37 heavy (non-hydrogen) atoms. The Labute approximate surface area is 218 Å². The van der Waals surface area contributed by atoms with Crippen LogP contribution in [0.5, 0.6) is 0 Å². The molecule has 0 aliphatic carbocycles. The summed E-state index contributed by atoms with van der Waals surface area (Å²) in [4.78, 5) is 47.2. The summed E-state index contributed by atoms with van der Waals surface area (Å²) < 4.78 is 5.63. The lowest BCUT2D eigenvalue weighted by Gasteiger charge is -2.46. The molecule has 2 aliphatic rings. The van der Waals surface area contributed by atoms with Crippen LogP contribution in [0.15, 0.2) is 42.5 Å². The number of ether oxygens (including phenoxy) is 1. The van der Waals surface area contributed by atoms with Gasteiger partial charge in [0, 0.05) is 25.3 Å². The number of piperidine rings is 1. The third kappa shape index (κ3) is 6.21. The van der Waals surface area contributed by atoms with Crippen molar-refractivity contribution in [3.8, 4) is 0 Å². The van der Waals surface area contributed by atoms with Crippen molar-refractivity contribution in [2.75, 3.05) is 18.8 Å². The minimum Gasteiger partial charge on any atom is -0.444 e. The number of aryl methyl sites for hydroxylation is 1. The first-order valence-electron chi connectivity index (χ1n) is 12.9. The van der Waals surface area contributed by atoms with Crippen LogP contribution in [-0.2, 0) is 20.9 Å². The molecule has 9 heteroatoms. The van der Waals surface area contributed by atoms with E-state index in [1.807, 2.05) is 52.0 Å². The Bertz CT molecular complexity index is 1150. The van der Waals surface area contributed by atoms with E-state index in [0.29, 0.717) is 38.3 Å². The molecule has 2 aromatic rings. The third-order valence-electron chi connectivity index (χ3n) is 7.06. The van der Waals surface area contributed by atoms with Gasteiger partial charge in [-0.15, -0.1) is 0 Å². The van der Waals surface area contributed by atoms with E-state index in [-0.39, 0.29) is 17.7 Å². The van der Waals surface area contributed by atoms with Gasteiger partial charge in [-0.05, 0) is 70.1 Å². The molecule has 198 valence electrons. The van der Waals surface area contributed by atoms with Crippen LogP contribution in [0.3, 0.4) is 0 Å². The van der Waals surface area contributed by atoms with Crippen LogP contribution in [-0.4, -0.2) is 63.5 Å². The molecule has 0 spiro atoms. The zero-order valence-electron chi connectivity index (χ0n) is 22.1. The first kappa shape index (κ1) is 26.4. The molecule has 0 unspecified atom stereocenters. The largest absolute Gasteiger partial charge is 0.444 e. The van der Waals surface area contributed by atoms with Crippen LogP contribution < -0.4 is 11.1 Å². The molecule has 3 N–H and O–H groups in total. The van der Waals surface area contributed by atoms with Gasteiger partial charge in [-0.1, -0.05) is 36.4 Å². The molecule has 0 radical (unpaired) electrons. The highest BCUT2D eigenvalue weighted by Gasteiger charge is 2.45. The van der Waals surface area contributed by atoms with Crippen molar-refractivity contribution in [1.82, 2.24) is 20.1 Å². The lowest BCUT2D eigenvalue weighted by molar-refractivity contribution is -0.152. The second-order valence-electron chi connectivity index (χ2n) is 10.9. The van der Waals surface area contributed by atoms with E-state index >= 15 is 0 Å². The fraction of sp³-hybridized carbons (Fsp3) is 0.500. The molecule has 3 atom stereocenters. The number of nitrogen functional groups attached to an aromatic ring is 1. The first-order valence-corrected chi connectivity index (χ1v) is 12.9. The van der Waals surface area contributed by atoms with E-state index in [1.54, 1.807) is 15.9 Å². The Morgan fingerprint density at radius 2 is 1.73 bits per heavy atom. The molecule has 2 aliphatic heterocycles. The summed E-state index contributed by atoms with van der Waals surface area (Å²) in [6, 6.07) is 12.3. The molecule has 4 rings (SSSR count). The molecule has 1 aromatic carbocycles. The standard InChI is InChI=1S/C28H37N5O4/c1-18-21(10-11-24(29)31-18)17-30-25(34)22-13-15-32(22)26(35)23-16-20(19-8-6-5-7-9-19)12-14-33(23)27(36)37-28(2,3)4/h5-11,20,22-23H,12-17H2,1-4H3,(H2,29,31)(H,30,34)/t20-,22-,23+/m0/s1. The van der Waals surface area contributed by atoms with Crippen molar-refractivity contribution in [2.45, 2.75) is 77.1 Å². The maximum absolute atomic E-state index is 13.8. The van der Waals surface area contributed by atoms with Crippen molar-refractivity contribution in [2.24, 2.45) is 0 Å². The molecular formula is C28H37N5O4. The van der Waals surface area contributed by atoms with Gasteiger partial charge in [0.1, 0.15) is 23.5 Å². The topological polar surface area (TPSA) is 118 Å². The number of hydrogen-bond donors (Lipinski definition) is 2. The fourth-order valence-electron chi connectivity index (χ4n) is 4.98. The summed E-state index contributed by atoms with van der Waals surface area (Å²) in [6.45, 7) is 8.48. The molecule has 3 heterocycles. The molecule has 9 nitrogen and oxygen atoms in total. The maximum Gasteiger partial charge on any atom is 0.410 e. The van der Waals surface area contributed by atoms with Crippen LogP contribution >= 0.6 is 0 Å². The second kappa shape index (κ2) is 10.8. The van der Waals surface area contributed by atoms with Crippen LogP contribution in [0.1, 0.15) is 62.8 Å². The number of hydrogen-bond acceptors (Lipinski definition) is 6. The highest BCUT2D eigenvalue weighted by molar-refractivity contribution is 5.93. The normalized spacial score (nSPS) is 21.7. The SMILES string of the molecule is Cc1nc(N)ccc1CNC(=O)[C@@H]1CCN1C(=O)[C@H]1C[C@@H](c2ccccc2)CCN1C(=O)OC(C)(C)C. The summed E-state index contributed by atoms with van der Waals surface area (Å²) in [6.07, 6.45) is 1.32. The fourth-order valence-corrected chi connectivity index (χ4v) is 4.98. The van der Waals surface area contributed by atoms with E-state index in [9.17, 15) is 14.4 Å². The second-order valence-corrected chi connectivity index (χ2v) is 10.9. The molecule has 2 fully saturated rings. The summed E-state index contributed by atoms with van der Waals surface area (Å²) in [7, 11) is 0. The lowest BCUT2D eigenvalue weighted by Crippen LogP contribution is -2.64. The van der Waals surface area contributed by atoms with E-state index < -0.39 is 23.8 Å². The number of rotatable bonds is 5. The summed E-state index contributed by atoms with van der Waals surface area (Å²) in [5, 5.41) is 2.93. The Morgan fingerprint density at radius 3 is 2.35 bits per heavy atom. The number of amides is 3. The Hall–Kier alpha value is -3.62. The quantitative estimate of drug-likeness (QED) is 0.641. The van der Waals surface area contributed by atoms with Gasteiger partial charge in [-0.2, -0.15) is 0 Å². The van der Waals surface area contributed by atoms with Crippen molar-refractivity contribution < 1.29 is 19.1 Å². The van der Waals surface area contributed by atoms with Gasteiger partial charge in [-0.3, -0.25) is 14.5 Å². The number of anilines is 1. The van der Waals surface area contributed by atoms with Crippen LogP contribution in [0.25, 0.3) is 0 Å². The number of nitrogens with one attached hydrogen (secondary N) is 1. The van der Waals surface area contributed by atoms with Gasteiger partial charge in [0.05, 0.1) is 0 Å². The molecule has 0 saturated carbocycles. The highest BCUT2D eigenvalue weighted by Crippen LogP contribution is 2.34. The third-order valence-corrected chi connectivity index (χ3v) is 7.06. The maximum atomic E-state index is 13.8. The molecule has 2 saturated heterocycles. The van der Waals surface area contributed by atoms with Gasteiger partial charge in [0.2, 0.25) is 11.8 Å². The molecule has 3 amide bonds. The number of carbonyl (C=O) groups excluding carboxylic acids is 3. The zero-order chi connectivity index (χ0) is 26.7. The minimum atomic E-state index is -0.687. The lowest BCUT2D eigenvalue weighted by atomic mass is 9.84. The van der Waals surface area contributed by atoms with E-state index in [1.165, 1.54) is 0 Å². The van der Waals surface area contributed by atoms with E-state index in [0.717, 1.165) is 23.2 Å².